The molecule has 0 saturated carbocycles. The molecule has 4 nitrogen and oxygen atoms in total. The third kappa shape index (κ3) is 3.51. The largest absolute Gasteiger partial charge is 0.354 e. The standard InChI is InChI=1S/C15H20N4/c1-11-5-4-6-14(18-11)10-19(3)15-8-7-13(9-17-15)12(2)16/h4-9,12H,10,16H2,1-3H3. The molecule has 0 aliphatic carbocycles. The lowest BCUT2D eigenvalue weighted by Crippen LogP contribution is -2.19. The molecule has 2 heterocycles. The zero-order valence-corrected chi connectivity index (χ0v) is 11.7. The lowest BCUT2D eigenvalue weighted by atomic mass is 10.1. The van der Waals surface area contributed by atoms with Crippen molar-refractivity contribution in [3.63, 3.8) is 0 Å². The fraction of sp³-hybridized carbons (Fsp3) is 0.333. The van der Waals surface area contributed by atoms with Gasteiger partial charge in [-0.05, 0) is 37.6 Å². The minimum atomic E-state index is 0.0188. The van der Waals surface area contributed by atoms with Crippen LogP contribution in [0, 0.1) is 6.92 Å². The summed E-state index contributed by atoms with van der Waals surface area (Å²) in [5.41, 5.74) is 8.94. The third-order valence-electron chi connectivity index (χ3n) is 3.03. The number of aryl methyl sites for hydroxylation is 1. The number of nitrogens with zero attached hydrogens (tertiary/aromatic N) is 3. The van der Waals surface area contributed by atoms with E-state index in [2.05, 4.69) is 14.9 Å². The summed E-state index contributed by atoms with van der Waals surface area (Å²) in [5.74, 6) is 0.924. The highest BCUT2D eigenvalue weighted by Gasteiger charge is 2.06. The van der Waals surface area contributed by atoms with Crippen molar-refractivity contribution in [2.45, 2.75) is 26.4 Å². The van der Waals surface area contributed by atoms with Crippen molar-refractivity contribution in [2.75, 3.05) is 11.9 Å². The number of anilines is 1. The maximum atomic E-state index is 5.82. The van der Waals surface area contributed by atoms with Gasteiger partial charge in [-0.3, -0.25) is 4.98 Å². The minimum absolute atomic E-state index is 0.0188. The Labute approximate surface area is 114 Å². The van der Waals surface area contributed by atoms with Gasteiger partial charge in [-0.25, -0.2) is 4.98 Å². The Balaban J connectivity index is 2.09. The van der Waals surface area contributed by atoms with Gasteiger partial charge in [0.05, 0.1) is 12.2 Å². The highest BCUT2D eigenvalue weighted by Crippen LogP contribution is 2.15. The zero-order valence-electron chi connectivity index (χ0n) is 11.7. The molecule has 0 bridgehead atoms. The van der Waals surface area contributed by atoms with E-state index >= 15 is 0 Å². The van der Waals surface area contributed by atoms with Gasteiger partial charge in [0.1, 0.15) is 5.82 Å². The first-order chi connectivity index (χ1) is 9.06. The first-order valence-electron chi connectivity index (χ1n) is 6.41. The summed E-state index contributed by atoms with van der Waals surface area (Å²) in [6, 6.07) is 10.1. The Morgan fingerprint density at radius 1 is 1.26 bits per heavy atom. The fourth-order valence-electron chi connectivity index (χ4n) is 1.90. The molecule has 0 fully saturated rings. The van der Waals surface area contributed by atoms with Crippen LogP contribution in [0.25, 0.3) is 0 Å². The second-order valence-corrected chi connectivity index (χ2v) is 4.86. The van der Waals surface area contributed by atoms with Crippen molar-refractivity contribution in [3.8, 4) is 0 Å². The minimum Gasteiger partial charge on any atom is -0.354 e. The van der Waals surface area contributed by atoms with E-state index in [1.54, 1.807) is 0 Å². The van der Waals surface area contributed by atoms with Crippen molar-refractivity contribution >= 4 is 5.82 Å². The van der Waals surface area contributed by atoms with Gasteiger partial charge in [-0.1, -0.05) is 12.1 Å². The van der Waals surface area contributed by atoms with Gasteiger partial charge < -0.3 is 10.6 Å². The normalized spacial score (nSPS) is 12.2. The summed E-state index contributed by atoms with van der Waals surface area (Å²) < 4.78 is 0. The average molecular weight is 256 g/mol. The Bertz CT molecular complexity index is 534. The first kappa shape index (κ1) is 13.5. The average Bonchev–Trinajstić information content (AvgIpc) is 2.39. The van der Waals surface area contributed by atoms with E-state index in [-0.39, 0.29) is 6.04 Å². The summed E-state index contributed by atoms with van der Waals surface area (Å²) in [4.78, 5) is 11.0. The van der Waals surface area contributed by atoms with Crippen LogP contribution in [0.15, 0.2) is 36.5 Å². The molecule has 0 aliphatic rings. The second kappa shape index (κ2) is 5.80. The second-order valence-electron chi connectivity index (χ2n) is 4.86. The Morgan fingerprint density at radius 2 is 2.05 bits per heavy atom. The van der Waals surface area contributed by atoms with Gasteiger partial charge >= 0.3 is 0 Å². The predicted octanol–water partition coefficient (Wildman–Crippen LogP) is 2.44. The SMILES string of the molecule is Cc1cccc(CN(C)c2ccc(C(C)N)cn2)n1. The maximum Gasteiger partial charge on any atom is 0.128 e. The van der Waals surface area contributed by atoms with Gasteiger partial charge in [0, 0.05) is 25.0 Å². The van der Waals surface area contributed by atoms with Crippen molar-refractivity contribution in [3.05, 3.63) is 53.5 Å². The molecular formula is C15H20N4. The number of rotatable bonds is 4. The Hall–Kier alpha value is -1.94. The molecule has 0 aliphatic heterocycles. The molecule has 4 heteroatoms. The monoisotopic (exact) mass is 256 g/mol. The van der Waals surface area contributed by atoms with Crippen LogP contribution in [0.2, 0.25) is 0 Å². The van der Waals surface area contributed by atoms with Gasteiger partial charge in [0.25, 0.3) is 0 Å². The molecular weight excluding hydrogens is 236 g/mol. The molecule has 0 aromatic carbocycles. The van der Waals surface area contributed by atoms with E-state index in [0.29, 0.717) is 0 Å². The van der Waals surface area contributed by atoms with Crippen molar-refractivity contribution < 1.29 is 0 Å². The maximum absolute atomic E-state index is 5.82. The van der Waals surface area contributed by atoms with E-state index in [4.69, 9.17) is 5.73 Å². The number of aromatic nitrogens is 2. The third-order valence-corrected chi connectivity index (χ3v) is 3.03. The number of pyridine rings is 2. The number of hydrogen-bond acceptors (Lipinski definition) is 4. The molecule has 0 radical (unpaired) electrons. The zero-order chi connectivity index (χ0) is 13.8. The number of hydrogen-bond donors (Lipinski definition) is 1. The smallest absolute Gasteiger partial charge is 0.128 e. The lowest BCUT2D eigenvalue weighted by Gasteiger charge is -2.18. The fourth-order valence-corrected chi connectivity index (χ4v) is 1.90. The van der Waals surface area contributed by atoms with Gasteiger partial charge in [-0.2, -0.15) is 0 Å². The molecule has 2 N–H and O–H groups in total. The molecule has 2 aromatic rings. The van der Waals surface area contributed by atoms with Crippen LogP contribution in [0.4, 0.5) is 5.82 Å². The van der Waals surface area contributed by atoms with Crippen LogP contribution in [-0.4, -0.2) is 17.0 Å². The summed E-state index contributed by atoms with van der Waals surface area (Å²) in [6.45, 7) is 4.70. The van der Waals surface area contributed by atoms with Crippen molar-refractivity contribution in [2.24, 2.45) is 5.73 Å². The summed E-state index contributed by atoms with van der Waals surface area (Å²) >= 11 is 0. The lowest BCUT2D eigenvalue weighted by molar-refractivity contribution is 0.804. The van der Waals surface area contributed by atoms with Crippen LogP contribution >= 0.6 is 0 Å². The molecule has 1 atom stereocenters. The van der Waals surface area contributed by atoms with E-state index in [1.165, 1.54) is 0 Å². The molecule has 1 unspecified atom stereocenters. The van der Waals surface area contributed by atoms with E-state index in [1.807, 2.05) is 57.4 Å². The molecule has 0 amide bonds. The molecule has 100 valence electrons. The van der Waals surface area contributed by atoms with Crippen molar-refractivity contribution in [1.82, 2.24) is 9.97 Å². The Morgan fingerprint density at radius 3 is 2.63 bits per heavy atom. The van der Waals surface area contributed by atoms with Crippen molar-refractivity contribution in [1.29, 1.82) is 0 Å². The van der Waals surface area contributed by atoms with Gasteiger partial charge in [0.2, 0.25) is 0 Å². The number of nitrogens with two attached hydrogens (primary N) is 1. The predicted molar refractivity (Wildman–Crippen MR) is 77.9 cm³/mol. The molecule has 0 saturated heterocycles. The van der Waals surface area contributed by atoms with E-state index in [0.717, 1.165) is 29.3 Å². The highest BCUT2D eigenvalue weighted by molar-refractivity contribution is 5.39. The summed E-state index contributed by atoms with van der Waals surface area (Å²) in [6.07, 6.45) is 1.83. The van der Waals surface area contributed by atoms with Crippen LogP contribution in [0.3, 0.4) is 0 Å². The highest BCUT2D eigenvalue weighted by atomic mass is 15.2. The molecule has 2 rings (SSSR count). The van der Waals surface area contributed by atoms with Gasteiger partial charge in [0.15, 0.2) is 0 Å². The van der Waals surface area contributed by atoms with Gasteiger partial charge in [-0.15, -0.1) is 0 Å². The van der Waals surface area contributed by atoms with Crippen LogP contribution < -0.4 is 10.6 Å². The molecule has 2 aromatic heterocycles. The summed E-state index contributed by atoms with van der Waals surface area (Å²) in [7, 11) is 2.01. The van der Waals surface area contributed by atoms with Crippen LogP contribution in [0.5, 0.6) is 0 Å². The first-order valence-corrected chi connectivity index (χ1v) is 6.41. The van der Waals surface area contributed by atoms with E-state index in [9.17, 15) is 0 Å². The topological polar surface area (TPSA) is 55.0 Å². The van der Waals surface area contributed by atoms with Crippen LogP contribution in [0.1, 0.15) is 29.9 Å². The Kier molecular flexibility index (Phi) is 4.12. The summed E-state index contributed by atoms with van der Waals surface area (Å²) in [5, 5.41) is 0. The van der Waals surface area contributed by atoms with Crippen LogP contribution in [-0.2, 0) is 6.54 Å². The van der Waals surface area contributed by atoms with E-state index < -0.39 is 0 Å². The quantitative estimate of drug-likeness (QED) is 0.913. The molecule has 0 spiro atoms. The molecule has 19 heavy (non-hydrogen) atoms.